The van der Waals surface area contributed by atoms with Crippen LogP contribution in [-0.2, 0) is 92.9 Å². The van der Waals surface area contributed by atoms with Gasteiger partial charge in [-0.3, -0.25) is 58.1 Å². The number of aliphatic carboxylic acids is 1. The van der Waals surface area contributed by atoms with Crippen molar-refractivity contribution < 1.29 is 99.7 Å². The second-order valence-corrected chi connectivity index (χ2v) is 26.9. The number of amides is 8. The average molecular weight is 1470 g/mol. The third-order valence-corrected chi connectivity index (χ3v) is 19.8. The molecule has 0 bridgehead atoms. The summed E-state index contributed by atoms with van der Waals surface area (Å²) in [6.07, 6.45) is -3.47. The number of nitrogens with one attached hydrogen (secondary N) is 8. The molecule has 10 atom stereocenters. The Bertz CT molecular complexity index is 4110. The standard InChI is InChI=1S/C68H81N11O22S2/c1-8-26-98-67(91)50(77-103(95,96)55-25-17-16-24-52(55)79(93)94)28-46-45-22-14-15-23-48(45)74-64(46)102-35-51(61(85)73-49(29-56(69)82)65(88)78-32-40(97-7)27-53(78)62(86)76-60(66(89)90)37(4)54(101-39(6)81)34-99-38(5)80)72-57(83)30-70-63(87)59(36(3)9-2)75-58(84)31-71-68(92)100-33-47-43-20-12-10-18-41(43)42-19-11-13-21-44(42)47/h8,10-25,36-37,40,47,49-51,53-54,59-60,74,77H,1,9,26-35H2,2-7H3,(H2,69,82)(H,70,87)(H,71,92)(H,72,83)(H,73,85)(H,75,84)(H,76,86)(H,89,90)/t36-,37-,40?,49?,50?,51?,53-,54-,59-,60-/m0/s1. The lowest BCUT2D eigenvalue weighted by atomic mass is 9.95. The molecule has 103 heavy (non-hydrogen) atoms. The number of carbonyl (C=O) groups is 12. The van der Waals surface area contributed by atoms with Gasteiger partial charge in [-0.15, -0.1) is 11.8 Å². The van der Waals surface area contributed by atoms with Crippen molar-refractivity contribution in [3.63, 3.8) is 0 Å². The fraction of sp³-hybridized carbons (Fsp3) is 0.412. The van der Waals surface area contributed by atoms with E-state index < -0.39 is 202 Å². The lowest BCUT2D eigenvalue weighted by Crippen LogP contribution is -2.60. The number of para-hydroxylation sites is 2. The number of hydrogen-bond acceptors (Lipinski definition) is 22. The summed E-state index contributed by atoms with van der Waals surface area (Å²) in [4.78, 5) is 177. The predicted octanol–water partition coefficient (Wildman–Crippen LogP) is 2.13. The van der Waals surface area contributed by atoms with Gasteiger partial charge in [0, 0.05) is 74.9 Å². The van der Waals surface area contributed by atoms with Gasteiger partial charge >= 0.3 is 30.0 Å². The van der Waals surface area contributed by atoms with E-state index in [2.05, 4.69) is 48.2 Å². The van der Waals surface area contributed by atoms with Crippen LogP contribution in [-0.4, -0.2) is 200 Å². The highest BCUT2D eigenvalue weighted by atomic mass is 32.2. The van der Waals surface area contributed by atoms with Gasteiger partial charge in [0.2, 0.25) is 51.4 Å². The molecule has 7 rings (SSSR count). The minimum absolute atomic E-state index is 0.0499. The zero-order chi connectivity index (χ0) is 75.4. The van der Waals surface area contributed by atoms with Gasteiger partial charge in [-0.1, -0.05) is 119 Å². The molecule has 2 heterocycles. The van der Waals surface area contributed by atoms with Gasteiger partial charge < -0.3 is 76.3 Å². The summed E-state index contributed by atoms with van der Waals surface area (Å²) in [5.41, 5.74) is 9.39. The molecule has 0 saturated carbocycles. The van der Waals surface area contributed by atoms with E-state index in [1.165, 1.54) is 32.2 Å². The first-order chi connectivity index (χ1) is 49.0. The number of hydrogen-bond donors (Lipinski definition) is 10. The number of carbonyl (C=O) groups excluding carboxylic acids is 11. The van der Waals surface area contributed by atoms with Gasteiger partial charge in [-0.05, 0) is 45.9 Å². The molecule has 8 amide bonds. The van der Waals surface area contributed by atoms with Gasteiger partial charge in [0.1, 0.15) is 68.7 Å². The number of nitro groups is 1. The molecule has 1 saturated heterocycles. The second kappa shape index (κ2) is 36.7. The number of nitro benzene ring substituents is 1. The molecule has 0 radical (unpaired) electrons. The molecule has 552 valence electrons. The van der Waals surface area contributed by atoms with E-state index in [1.54, 1.807) is 38.1 Å². The number of rotatable bonds is 37. The van der Waals surface area contributed by atoms with Crippen LogP contribution in [0.3, 0.4) is 0 Å². The van der Waals surface area contributed by atoms with Crippen molar-refractivity contribution in [3.8, 4) is 11.1 Å². The number of aromatic amines is 1. The number of fused-ring (bicyclic) bond motifs is 4. The lowest BCUT2D eigenvalue weighted by molar-refractivity contribution is -0.387. The molecule has 4 aromatic carbocycles. The van der Waals surface area contributed by atoms with Crippen molar-refractivity contribution >= 4 is 110 Å². The van der Waals surface area contributed by atoms with Crippen LogP contribution < -0.4 is 42.4 Å². The largest absolute Gasteiger partial charge is 0.480 e. The van der Waals surface area contributed by atoms with Gasteiger partial charge in [-0.2, -0.15) is 4.72 Å². The van der Waals surface area contributed by atoms with Crippen molar-refractivity contribution in [3.05, 3.63) is 137 Å². The Hall–Kier alpha value is -10.8. The maximum absolute atomic E-state index is 15.0. The van der Waals surface area contributed by atoms with Crippen LogP contribution in [0.25, 0.3) is 22.0 Å². The number of primary amides is 1. The van der Waals surface area contributed by atoms with Crippen molar-refractivity contribution in [2.45, 2.75) is 125 Å². The number of ether oxygens (including phenoxy) is 5. The minimum atomic E-state index is -4.90. The van der Waals surface area contributed by atoms with Gasteiger partial charge in [-0.25, -0.2) is 18.0 Å². The first kappa shape index (κ1) is 79.5. The summed E-state index contributed by atoms with van der Waals surface area (Å²) in [7, 11) is -3.65. The Kier molecular flexibility index (Phi) is 28.3. The molecule has 35 heteroatoms. The number of carboxylic acid groups (broad SMARTS) is 1. The molecule has 0 spiro atoms. The number of aromatic nitrogens is 1. The first-order valence-electron chi connectivity index (χ1n) is 32.4. The van der Waals surface area contributed by atoms with Gasteiger partial charge in [0.05, 0.1) is 29.0 Å². The molecule has 1 aromatic heterocycles. The van der Waals surface area contributed by atoms with E-state index in [4.69, 9.17) is 29.4 Å². The van der Waals surface area contributed by atoms with E-state index in [1.807, 2.05) is 48.5 Å². The molecule has 1 aliphatic carbocycles. The van der Waals surface area contributed by atoms with Crippen molar-refractivity contribution in [1.29, 1.82) is 0 Å². The van der Waals surface area contributed by atoms with Crippen LogP contribution in [0.4, 0.5) is 10.5 Å². The predicted molar refractivity (Wildman–Crippen MR) is 368 cm³/mol. The summed E-state index contributed by atoms with van der Waals surface area (Å²) in [5.74, 6) is -14.5. The normalized spacial score (nSPS) is 16.2. The minimum Gasteiger partial charge on any atom is -0.480 e. The quantitative estimate of drug-likeness (QED) is 0.00680. The van der Waals surface area contributed by atoms with Crippen LogP contribution in [0.2, 0.25) is 0 Å². The number of benzene rings is 4. The van der Waals surface area contributed by atoms with Crippen molar-refractivity contribution in [1.82, 2.24) is 46.5 Å². The van der Waals surface area contributed by atoms with Crippen LogP contribution in [0.15, 0.2) is 120 Å². The number of methoxy groups -OCH3 is 1. The topological polar surface area (TPSA) is 478 Å². The van der Waals surface area contributed by atoms with Crippen LogP contribution in [0, 0.1) is 22.0 Å². The molecular weight excluding hydrogens is 1390 g/mol. The molecule has 2 aliphatic rings. The van der Waals surface area contributed by atoms with Crippen molar-refractivity contribution in [2.75, 3.05) is 52.3 Å². The fourth-order valence-electron chi connectivity index (χ4n) is 11.7. The molecule has 4 unspecified atom stereocenters. The SMILES string of the molecule is C=CCOC(=O)C(Cc1c(SCC(NC(=O)CNC(=O)[C@@H](NC(=O)CNC(=O)OCC2c3ccccc3-c3ccccc32)[C@@H](C)CC)C(=O)NC(CC(N)=O)C(=O)N2CC(OC)C[C@H]2C(=O)N[C@H](C(=O)O)[C@@H](C)[C@H](COC(C)=O)OC(C)=O)[nH]c2ccccc12)NS(=O)(=O)c1ccccc1[N+](=O)[O-]. The third-order valence-electron chi connectivity index (χ3n) is 17.1. The summed E-state index contributed by atoms with van der Waals surface area (Å²) >= 11 is 0.803. The highest BCUT2D eigenvalue weighted by Gasteiger charge is 2.46. The number of esters is 3. The molecule has 1 aliphatic heterocycles. The zero-order valence-corrected chi connectivity index (χ0v) is 58.6. The molecule has 33 nitrogen and oxygen atoms in total. The third kappa shape index (κ3) is 21.2. The molecule has 11 N–H and O–H groups in total. The van der Waals surface area contributed by atoms with Crippen LogP contribution in [0.5, 0.6) is 0 Å². The number of thioether (sulfide) groups is 1. The maximum Gasteiger partial charge on any atom is 0.407 e. The van der Waals surface area contributed by atoms with Crippen molar-refractivity contribution in [2.24, 2.45) is 17.6 Å². The van der Waals surface area contributed by atoms with Gasteiger partial charge in [0.25, 0.3) is 5.69 Å². The number of alkyl carbamates (subject to hydrolysis) is 1. The highest BCUT2D eigenvalue weighted by molar-refractivity contribution is 7.99. The van der Waals surface area contributed by atoms with E-state index >= 15 is 4.79 Å². The Morgan fingerprint density at radius 2 is 1.42 bits per heavy atom. The van der Waals surface area contributed by atoms with E-state index in [0.29, 0.717) is 17.3 Å². The second-order valence-electron chi connectivity index (χ2n) is 24.2. The molecule has 1 fully saturated rings. The number of nitrogens with zero attached hydrogens (tertiary/aromatic N) is 2. The monoisotopic (exact) mass is 1470 g/mol. The Labute approximate surface area is 595 Å². The number of carboxylic acids is 1. The molecule has 5 aromatic rings. The average Bonchev–Trinajstić information content (AvgIpc) is 1.72. The zero-order valence-electron chi connectivity index (χ0n) is 57.0. The van der Waals surface area contributed by atoms with E-state index in [0.717, 1.165) is 64.9 Å². The van der Waals surface area contributed by atoms with Crippen LogP contribution >= 0.6 is 11.8 Å². The fourth-order valence-corrected chi connectivity index (χ4v) is 14.2. The number of nitrogens with two attached hydrogens (primary N) is 1. The Balaban J connectivity index is 1.14. The van der Waals surface area contributed by atoms with E-state index in [9.17, 15) is 76.4 Å². The summed E-state index contributed by atoms with van der Waals surface area (Å²) in [6, 6.07) is 15.9. The summed E-state index contributed by atoms with van der Waals surface area (Å²) < 4.78 is 56.9. The van der Waals surface area contributed by atoms with Gasteiger partial charge in [0.15, 0.2) is 4.90 Å². The van der Waals surface area contributed by atoms with E-state index in [-0.39, 0.29) is 36.1 Å². The summed E-state index contributed by atoms with van der Waals surface area (Å²) in [5, 5.41) is 37.6. The Morgan fingerprint density at radius 1 is 0.786 bits per heavy atom. The maximum atomic E-state index is 15.0. The Morgan fingerprint density at radius 3 is 2.04 bits per heavy atom. The highest BCUT2D eigenvalue weighted by Crippen LogP contribution is 2.44. The number of likely N-dealkylation sites (tertiary alicyclic amines) is 1. The molecular formula is C68H81N11O22S2. The smallest absolute Gasteiger partial charge is 0.407 e. The lowest BCUT2D eigenvalue weighted by Gasteiger charge is -2.32. The summed E-state index contributed by atoms with van der Waals surface area (Å²) in [6.45, 7) is 7.33. The number of H-pyrrole nitrogens is 1. The number of sulfonamides is 1. The van der Waals surface area contributed by atoms with Crippen LogP contribution in [0.1, 0.15) is 76.5 Å². The first-order valence-corrected chi connectivity index (χ1v) is 34.9.